The molecular formula is C17H26N2O. The van der Waals surface area contributed by atoms with E-state index in [1.54, 1.807) is 7.05 Å². The molecule has 2 N–H and O–H groups in total. The summed E-state index contributed by atoms with van der Waals surface area (Å²) in [5, 5.41) is 6.29. The second kappa shape index (κ2) is 7.93. The second-order valence-corrected chi connectivity index (χ2v) is 5.73. The van der Waals surface area contributed by atoms with E-state index in [1.165, 1.54) is 50.6 Å². The predicted octanol–water partition coefficient (Wildman–Crippen LogP) is 3.50. The minimum Gasteiger partial charge on any atom is -0.382 e. The first-order valence-electron chi connectivity index (χ1n) is 7.84. The summed E-state index contributed by atoms with van der Waals surface area (Å²) >= 11 is 0. The molecule has 0 aliphatic heterocycles. The summed E-state index contributed by atoms with van der Waals surface area (Å²) in [5.41, 5.74) is 2.24. The lowest BCUT2D eigenvalue weighted by Gasteiger charge is -2.22. The van der Waals surface area contributed by atoms with Crippen molar-refractivity contribution in [1.29, 1.82) is 0 Å². The van der Waals surface area contributed by atoms with Crippen LogP contribution in [0, 0.1) is 0 Å². The molecule has 0 spiro atoms. The highest BCUT2D eigenvalue weighted by atomic mass is 16.1. The molecule has 1 fully saturated rings. The van der Waals surface area contributed by atoms with Gasteiger partial charge in [0.1, 0.15) is 0 Å². The van der Waals surface area contributed by atoms with Crippen molar-refractivity contribution in [3.8, 4) is 0 Å². The van der Waals surface area contributed by atoms with Crippen LogP contribution in [0.3, 0.4) is 0 Å². The second-order valence-electron chi connectivity index (χ2n) is 5.73. The Bertz CT molecular complexity index is 406. The maximum absolute atomic E-state index is 11.3. The predicted molar refractivity (Wildman–Crippen MR) is 83.9 cm³/mol. The molecule has 0 radical (unpaired) electrons. The van der Waals surface area contributed by atoms with Crippen LogP contribution >= 0.6 is 0 Å². The Labute approximate surface area is 122 Å². The van der Waals surface area contributed by atoms with E-state index in [1.807, 2.05) is 12.1 Å². The number of nitrogens with one attached hydrogen (secondary N) is 2. The maximum atomic E-state index is 11.3. The molecule has 0 aromatic heterocycles. The lowest BCUT2D eigenvalue weighted by molar-refractivity contribution is -0.119. The van der Waals surface area contributed by atoms with Gasteiger partial charge in [0, 0.05) is 18.8 Å². The molecule has 1 amide bonds. The molecule has 2 rings (SSSR count). The van der Waals surface area contributed by atoms with E-state index in [0.717, 1.165) is 5.56 Å². The fourth-order valence-electron chi connectivity index (χ4n) is 2.83. The van der Waals surface area contributed by atoms with Gasteiger partial charge in [-0.15, -0.1) is 0 Å². The van der Waals surface area contributed by atoms with Gasteiger partial charge in [-0.1, -0.05) is 44.2 Å². The fourth-order valence-corrected chi connectivity index (χ4v) is 2.83. The topological polar surface area (TPSA) is 41.1 Å². The van der Waals surface area contributed by atoms with E-state index in [-0.39, 0.29) is 5.91 Å². The molecule has 1 aromatic carbocycles. The summed E-state index contributed by atoms with van der Waals surface area (Å²) < 4.78 is 0. The first kappa shape index (κ1) is 14.9. The molecule has 0 heterocycles. The van der Waals surface area contributed by atoms with E-state index in [4.69, 9.17) is 0 Å². The lowest BCUT2D eigenvalue weighted by atomic mass is 9.96. The van der Waals surface area contributed by atoms with Gasteiger partial charge in [0.05, 0.1) is 6.42 Å². The number of amides is 1. The molecule has 3 heteroatoms. The van der Waals surface area contributed by atoms with Crippen LogP contribution in [-0.2, 0) is 11.2 Å². The van der Waals surface area contributed by atoms with E-state index in [9.17, 15) is 4.79 Å². The summed E-state index contributed by atoms with van der Waals surface area (Å²) in [5.74, 6) is 0.0609. The summed E-state index contributed by atoms with van der Waals surface area (Å²) in [4.78, 5) is 11.3. The van der Waals surface area contributed by atoms with Gasteiger partial charge in [-0.05, 0) is 30.5 Å². The van der Waals surface area contributed by atoms with E-state index < -0.39 is 0 Å². The molecule has 20 heavy (non-hydrogen) atoms. The molecule has 0 unspecified atom stereocenters. The Balaban J connectivity index is 1.87. The Morgan fingerprint density at radius 1 is 1.05 bits per heavy atom. The number of carbonyl (C=O) groups is 1. The Morgan fingerprint density at radius 2 is 1.65 bits per heavy atom. The van der Waals surface area contributed by atoms with Crippen molar-refractivity contribution in [2.75, 3.05) is 12.4 Å². The largest absolute Gasteiger partial charge is 0.382 e. The van der Waals surface area contributed by atoms with Gasteiger partial charge in [0.2, 0.25) is 5.91 Å². The van der Waals surface area contributed by atoms with Crippen LogP contribution < -0.4 is 10.6 Å². The van der Waals surface area contributed by atoms with Crippen molar-refractivity contribution in [2.45, 2.75) is 57.4 Å². The standard InChI is InChI=1S/C17H26N2O/c1-18-17(20)13-14-9-11-16(12-10-14)19-15-7-5-3-2-4-6-8-15/h9-12,15,19H,2-8,13H2,1H3,(H,18,20). The van der Waals surface area contributed by atoms with Crippen LogP contribution in [-0.4, -0.2) is 19.0 Å². The molecule has 1 aliphatic carbocycles. The third kappa shape index (κ3) is 4.87. The zero-order valence-corrected chi connectivity index (χ0v) is 12.5. The normalized spacial score (nSPS) is 17.1. The average Bonchev–Trinajstić information content (AvgIpc) is 2.43. The lowest BCUT2D eigenvalue weighted by Crippen LogP contribution is -2.21. The molecule has 0 saturated heterocycles. The summed E-state index contributed by atoms with van der Waals surface area (Å²) in [7, 11) is 1.67. The van der Waals surface area contributed by atoms with Crippen molar-refractivity contribution < 1.29 is 4.79 Å². The first-order chi connectivity index (χ1) is 9.78. The van der Waals surface area contributed by atoms with Crippen molar-refractivity contribution in [3.63, 3.8) is 0 Å². The molecule has 0 bridgehead atoms. The summed E-state index contributed by atoms with van der Waals surface area (Å²) in [6.45, 7) is 0. The van der Waals surface area contributed by atoms with Gasteiger partial charge in [-0.3, -0.25) is 4.79 Å². The third-order valence-corrected chi connectivity index (χ3v) is 4.07. The fraction of sp³-hybridized carbons (Fsp3) is 0.588. The first-order valence-corrected chi connectivity index (χ1v) is 7.84. The molecule has 1 aromatic rings. The number of anilines is 1. The highest BCUT2D eigenvalue weighted by molar-refractivity contribution is 5.78. The van der Waals surface area contributed by atoms with Crippen molar-refractivity contribution in [3.05, 3.63) is 29.8 Å². The number of benzene rings is 1. The minimum atomic E-state index is 0.0609. The van der Waals surface area contributed by atoms with Crippen molar-refractivity contribution >= 4 is 11.6 Å². The SMILES string of the molecule is CNC(=O)Cc1ccc(NC2CCCCCCC2)cc1. The van der Waals surface area contributed by atoms with Crippen LogP contribution in [0.25, 0.3) is 0 Å². The molecular weight excluding hydrogens is 248 g/mol. The quantitative estimate of drug-likeness (QED) is 0.882. The molecule has 0 atom stereocenters. The molecule has 1 aliphatic rings. The highest BCUT2D eigenvalue weighted by Gasteiger charge is 2.11. The van der Waals surface area contributed by atoms with Gasteiger partial charge in [0.15, 0.2) is 0 Å². The van der Waals surface area contributed by atoms with Crippen LogP contribution in [0.15, 0.2) is 24.3 Å². The molecule has 110 valence electrons. The van der Waals surface area contributed by atoms with E-state index >= 15 is 0 Å². The zero-order valence-electron chi connectivity index (χ0n) is 12.5. The van der Waals surface area contributed by atoms with Crippen LogP contribution in [0.4, 0.5) is 5.69 Å². The van der Waals surface area contributed by atoms with Gasteiger partial charge in [0.25, 0.3) is 0 Å². The number of carbonyl (C=O) groups excluding carboxylic acids is 1. The Morgan fingerprint density at radius 3 is 2.25 bits per heavy atom. The zero-order chi connectivity index (χ0) is 14.2. The monoisotopic (exact) mass is 274 g/mol. The van der Waals surface area contributed by atoms with E-state index in [2.05, 4.69) is 22.8 Å². The van der Waals surface area contributed by atoms with Gasteiger partial charge in [-0.2, -0.15) is 0 Å². The smallest absolute Gasteiger partial charge is 0.224 e. The van der Waals surface area contributed by atoms with Crippen LogP contribution in [0.5, 0.6) is 0 Å². The van der Waals surface area contributed by atoms with Crippen molar-refractivity contribution in [2.24, 2.45) is 0 Å². The number of likely N-dealkylation sites (N-methyl/N-ethyl adjacent to an activating group) is 1. The van der Waals surface area contributed by atoms with Crippen LogP contribution in [0.2, 0.25) is 0 Å². The number of rotatable bonds is 4. The third-order valence-electron chi connectivity index (χ3n) is 4.07. The maximum Gasteiger partial charge on any atom is 0.224 e. The summed E-state index contributed by atoms with van der Waals surface area (Å²) in [6, 6.07) is 8.88. The van der Waals surface area contributed by atoms with Gasteiger partial charge in [-0.25, -0.2) is 0 Å². The highest BCUT2D eigenvalue weighted by Crippen LogP contribution is 2.21. The van der Waals surface area contributed by atoms with Gasteiger partial charge < -0.3 is 10.6 Å². The number of hydrogen-bond donors (Lipinski definition) is 2. The average molecular weight is 274 g/mol. The Hall–Kier alpha value is -1.51. The number of hydrogen-bond acceptors (Lipinski definition) is 2. The molecule has 3 nitrogen and oxygen atoms in total. The van der Waals surface area contributed by atoms with Crippen LogP contribution in [0.1, 0.15) is 50.5 Å². The minimum absolute atomic E-state index is 0.0609. The van der Waals surface area contributed by atoms with E-state index in [0.29, 0.717) is 12.5 Å². The molecule has 1 saturated carbocycles. The summed E-state index contributed by atoms with van der Waals surface area (Å²) in [6.07, 6.45) is 9.85. The Kier molecular flexibility index (Phi) is 5.90. The van der Waals surface area contributed by atoms with Crippen molar-refractivity contribution in [1.82, 2.24) is 5.32 Å². The van der Waals surface area contributed by atoms with Gasteiger partial charge >= 0.3 is 0 Å².